The van der Waals surface area contributed by atoms with Crippen LogP contribution in [-0.2, 0) is 20.0 Å². The Kier molecular flexibility index (Phi) is 5.57. The fraction of sp³-hybridized carbons (Fsp3) is 0.435. The molecule has 3 heterocycles. The van der Waals surface area contributed by atoms with Gasteiger partial charge in [0, 0.05) is 54.9 Å². The van der Waals surface area contributed by atoms with Gasteiger partial charge in [-0.05, 0) is 61.9 Å². The van der Waals surface area contributed by atoms with Crippen molar-refractivity contribution in [3.63, 3.8) is 0 Å². The van der Waals surface area contributed by atoms with Crippen LogP contribution in [0.5, 0.6) is 0 Å². The van der Waals surface area contributed by atoms with Crippen molar-refractivity contribution in [1.82, 2.24) is 25.1 Å². The number of nitrogens with zero attached hydrogens (tertiary/aromatic N) is 4. The van der Waals surface area contributed by atoms with Crippen molar-refractivity contribution >= 4 is 17.5 Å². The van der Waals surface area contributed by atoms with Gasteiger partial charge in [-0.2, -0.15) is 10.1 Å². The lowest BCUT2D eigenvalue weighted by Gasteiger charge is -2.28. The van der Waals surface area contributed by atoms with E-state index >= 15 is 0 Å². The Morgan fingerprint density at radius 1 is 1.13 bits per heavy atom. The topological polar surface area (TPSA) is 106 Å². The first kappa shape index (κ1) is 20.0. The van der Waals surface area contributed by atoms with E-state index in [-0.39, 0.29) is 0 Å². The molecule has 31 heavy (non-hydrogen) atoms. The van der Waals surface area contributed by atoms with Gasteiger partial charge < -0.3 is 21.7 Å². The van der Waals surface area contributed by atoms with E-state index in [1.165, 1.54) is 11.1 Å². The van der Waals surface area contributed by atoms with Gasteiger partial charge in [-0.1, -0.05) is 6.07 Å². The predicted molar refractivity (Wildman–Crippen MR) is 123 cm³/mol. The van der Waals surface area contributed by atoms with Gasteiger partial charge in [0.25, 0.3) is 0 Å². The number of benzene rings is 1. The summed E-state index contributed by atoms with van der Waals surface area (Å²) in [6.07, 6.45) is 11.0. The molecule has 2 aromatic heterocycles. The van der Waals surface area contributed by atoms with E-state index in [4.69, 9.17) is 10.7 Å². The maximum absolute atomic E-state index is 6.09. The van der Waals surface area contributed by atoms with Crippen LogP contribution in [0, 0.1) is 0 Å². The highest BCUT2D eigenvalue weighted by atomic mass is 15.2. The molecule has 0 saturated heterocycles. The van der Waals surface area contributed by atoms with Crippen LogP contribution in [0.3, 0.4) is 0 Å². The maximum atomic E-state index is 6.09. The normalized spacial score (nSPS) is 20.8. The molecule has 0 radical (unpaired) electrons. The second-order valence-corrected chi connectivity index (χ2v) is 8.65. The summed E-state index contributed by atoms with van der Waals surface area (Å²) in [4.78, 5) is 9.46. The first-order chi connectivity index (χ1) is 15.1. The van der Waals surface area contributed by atoms with Crippen molar-refractivity contribution in [1.29, 1.82) is 0 Å². The van der Waals surface area contributed by atoms with Gasteiger partial charge in [-0.15, -0.1) is 0 Å². The minimum absolute atomic E-state index is 0.317. The summed E-state index contributed by atoms with van der Waals surface area (Å²) >= 11 is 0. The molecule has 162 valence electrons. The highest BCUT2D eigenvalue weighted by Crippen LogP contribution is 2.30. The molecule has 1 aromatic carbocycles. The second-order valence-electron chi connectivity index (χ2n) is 8.65. The minimum Gasteiger partial charge on any atom is -0.367 e. The van der Waals surface area contributed by atoms with Gasteiger partial charge in [0.2, 0.25) is 5.95 Å². The van der Waals surface area contributed by atoms with Gasteiger partial charge >= 0.3 is 0 Å². The first-order valence-electron chi connectivity index (χ1n) is 11.1. The van der Waals surface area contributed by atoms with Crippen molar-refractivity contribution < 1.29 is 0 Å². The number of nitrogens with one attached hydrogen (secondary N) is 3. The van der Waals surface area contributed by atoms with Gasteiger partial charge in [0.15, 0.2) is 0 Å². The summed E-state index contributed by atoms with van der Waals surface area (Å²) < 4.78 is 1.80. The Morgan fingerprint density at radius 3 is 2.81 bits per heavy atom. The van der Waals surface area contributed by atoms with Crippen LogP contribution in [0.15, 0.2) is 36.8 Å². The van der Waals surface area contributed by atoms with Gasteiger partial charge in [-0.25, -0.2) is 4.98 Å². The number of hydrogen-bond donors (Lipinski definition) is 4. The van der Waals surface area contributed by atoms with Crippen LogP contribution in [0.1, 0.15) is 36.8 Å². The standard InChI is InChI=1S/C23H30N8/c1-31-14-17(12-27-31)21-13-26-23(30-22(21)28-19-6-3-18(24)4-7-19)29-20-5-2-15-8-9-25-11-16(15)10-20/h2,5,10,12-14,18-19,25H,3-4,6-9,11,24H2,1H3,(H2,26,28,29,30). The number of aryl methyl sites for hydroxylation is 1. The molecule has 0 atom stereocenters. The Balaban J connectivity index is 1.42. The monoisotopic (exact) mass is 418 g/mol. The zero-order valence-electron chi connectivity index (χ0n) is 17.9. The average molecular weight is 419 g/mol. The number of aromatic nitrogens is 4. The van der Waals surface area contributed by atoms with E-state index in [9.17, 15) is 0 Å². The molecule has 0 bridgehead atoms. The van der Waals surface area contributed by atoms with Crippen molar-refractivity contribution in [2.24, 2.45) is 12.8 Å². The summed E-state index contributed by atoms with van der Waals surface area (Å²) in [6.45, 7) is 1.95. The van der Waals surface area contributed by atoms with Crippen LogP contribution in [-0.4, -0.2) is 38.4 Å². The molecule has 1 fully saturated rings. The maximum Gasteiger partial charge on any atom is 0.229 e. The molecular weight excluding hydrogens is 388 g/mol. The lowest BCUT2D eigenvalue weighted by molar-refractivity contribution is 0.410. The third-order valence-electron chi connectivity index (χ3n) is 6.27. The highest BCUT2D eigenvalue weighted by molar-refractivity contribution is 5.75. The molecule has 3 aromatic rings. The Hall–Kier alpha value is -2.97. The van der Waals surface area contributed by atoms with Crippen LogP contribution < -0.4 is 21.7 Å². The molecule has 1 aliphatic carbocycles. The first-order valence-corrected chi connectivity index (χ1v) is 11.1. The molecule has 5 N–H and O–H groups in total. The summed E-state index contributed by atoms with van der Waals surface area (Å²) in [7, 11) is 1.92. The summed E-state index contributed by atoms with van der Waals surface area (Å²) in [5.74, 6) is 1.43. The third-order valence-corrected chi connectivity index (χ3v) is 6.27. The highest BCUT2D eigenvalue weighted by Gasteiger charge is 2.21. The molecule has 1 aliphatic heterocycles. The van der Waals surface area contributed by atoms with Gasteiger partial charge in [0.1, 0.15) is 5.82 Å². The molecule has 0 amide bonds. The molecule has 2 aliphatic rings. The molecule has 0 unspecified atom stereocenters. The number of rotatable bonds is 5. The second kappa shape index (κ2) is 8.64. The lowest BCUT2D eigenvalue weighted by atomic mass is 9.91. The van der Waals surface area contributed by atoms with E-state index in [0.29, 0.717) is 18.0 Å². The SMILES string of the molecule is Cn1cc(-c2cnc(Nc3ccc4c(c3)CNCC4)nc2NC2CCC(N)CC2)cn1. The zero-order valence-corrected chi connectivity index (χ0v) is 17.9. The fourth-order valence-electron chi connectivity index (χ4n) is 4.47. The van der Waals surface area contributed by atoms with E-state index in [1.54, 1.807) is 4.68 Å². The van der Waals surface area contributed by atoms with E-state index in [0.717, 1.165) is 67.8 Å². The van der Waals surface area contributed by atoms with Crippen molar-refractivity contribution in [2.75, 3.05) is 17.2 Å². The Morgan fingerprint density at radius 2 is 2.00 bits per heavy atom. The van der Waals surface area contributed by atoms with Crippen LogP contribution in [0.25, 0.3) is 11.1 Å². The Bertz CT molecular complexity index is 1050. The van der Waals surface area contributed by atoms with Crippen LogP contribution in [0.4, 0.5) is 17.5 Å². The van der Waals surface area contributed by atoms with Crippen molar-refractivity contribution in [2.45, 2.75) is 50.7 Å². The van der Waals surface area contributed by atoms with E-state index in [2.05, 4.69) is 44.2 Å². The van der Waals surface area contributed by atoms with E-state index in [1.807, 2.05) is 25.6 Å². The zero-order chi connectivity index (χ0) is 21.2. The molecule has 5 rings (SSSR count). The van der Waals surface area contributed by atoms with Gasteiger partial charge in [-0.3, -0.25) is 4.68 Å². The predicted octanol–water partition coefficient (Wildman–Crippen LogP) is 2.95. The quantitative estimate of drug-likeness (QED) is 0.505. The number of hydrogen-bond acceptors (Lipinski definition) is 7. The lowest BCUT2D eigenvalue weighted by Crippen LogP contribution is -2.33. The third kappa shape index (κ3) is 4.55. The average Bonchev–Trinajstić information content (AvgIpc) is 3.21. The summed E-state index contributed by atoms with van der Waals surface area (Å²) in [6, 6.07) is 7.19. The number of anilines is 3. The molecule has 8 nitrogen and oxygen atoms in total. The minimum atomic E-state index is 0.317. The van der Waals surface area contributed by atoms with Gasteiger partial charge in [0.05, 0.1) is 6.20 Å². The summed E-state index contributed by atoms with van der Waals surface area (Å²) in [5.41, 5.74) is 11.8. The largest absolute Gasteiger partial charge is 0.367 e. The van der Waals surface area contributed by atoms with Crippen LogP contribution in [0.2, 0.25) is 0 Å². The summed E-state index contributed by atoms with van der Waals surface area (Å²) in [5, 5.41) is 14.8. The van der Waals surface area contributed by atoms with Crippen molar-refractivity contribution in [3.8, 4) is 11.1 Å². The number of fused-ring (bicyclic) bond motifs is 1. The number of nitrogens with two attached hydrogens (primary N) is 1. The van der Waals surface area contributed by atoms with Crippen LogP contribution >= 0.6 is 0 Å². The van der Waals surface area contributed by atoms with E-state index < -0.39 is 0 Å². The molecule has 8 heteroatoms. The molecular formula is C23H30N8. The van der Waals surface area contributed by atoms with Crippen molar-refractivity contribution in [3.05, 3.63) is 47.9 Å². The fourth-order valence-corrected chi connectivity index (χ4v) is 4.47. The molecule has 1 saturated carbocycles. The smallest absolute Gasteiger partial charge is 0.229 e. The molecule has 0 spiro atoms. The Labute approximate surface area is 182 Å².